The molecule has 4 rings (SSSR count). The van der Waals surface area contributed by atoms with E-state index in [9.17, 15) is 4.79 Å². The number of benzene rings is 2. The molecular formula is C22H24ClN5O. The number of rotatable bonds is 4. The van der Waals surface area contributed by atoms with E-state index in [0.29, 0.717) is 11.1 Å². The van der Waals surface area contributed by atoms with E-state index in [1.807, 2.05) is 12.1 Å². The molecule has 2 unspecified atom stereocenters. The molecule has 0 aliphatic carbocycles. The van der Waals surface area contributed by atoms with Crippen molar-refractivity contribution in [2.75, 3.05) is 13.1 Å². The van der Waals surface area contributed by atoms with E-state index in [4.69, 9.17) is 16.9 Å². The highest BCUT2D eigenvalue weighted by Crippen LogP contribution is 2.26. The van der Waals surface area contributed by atoms with Crippen LogP contribution >= 0.6 is 11.6 Å². The van der Waals surface area contributed by atoms with E-state index in [-0.39, 0.29) is 24.2 Å². The summed E-state index contributed by atoms with van der Waals surface area (Å²) in [6, 6.07) is 17.3. The van der Waals surface area contributed by atoms with Crippen LogP contribution in [0, 0.1) is 11.3 Å². The molecule has 29 heavy (non-hydrogen) atoms. The Morgan fingerprint density at radius 2 is 1.90 bits per heavy atom. The molecule has 0 aromatic heterocycles. The van der Waals surface area contributed by atoms with Crippen LogP contribution in [0.2, 0.25) is 5.02 Å². The van der Waals surface area contributed by atoms with Crippen molar-refractivity contribution in [3.63, 3.8) is 0 Å². The Balaban J connectivity index is 1.27. The van der Waals surface area contributed by atoms with Crippen LogP contribution < -0.4 is 16.2 Å². The largest absolute Gasteiger partial charge is 0.349 e. The zero-order chi connectivity index (χ0) is 20.2. The van der Waals surface area contributed by atoms with Crippen molar-refractivity contribution in [3.05, 3.63) is 70.2 Å². The predicted octanol–water partition coefficient (Wildman–Crippen LogP) is 2.97. The lowest BCUT2D eigenvalue weighted by molar-refractivity contribution is 0.0880. The number of hydrogen-bond acceptors (Lipinski definition) is 5. The van der Waals surface area contributed by atoms with Crippen molar-refractivity contribution >= 4 is 17.5 Å². The molecule has 0 spiro atoms. The lowest BCUT2D eigenvalue weighted by Gasteiger charge is -2.35. The molecule has 3 N–H and O–H groups in total. The Hall–Kier alpha value is -2.43. The first-order valence-electron chi connectivity index (χ1n) is 9.94. The maximum Gasteiger partial charge on any atom is 0.251 e. The van der Waals surface area contributed by atoms with Gasteiger partial charge in [0.05, 0.1) is 17.8 Å². The van der Waals surface area contributed by atoms with Crippen LogP contribution in [-0.2, 0) is 0 Å². The number of halogens is 1. The van der Waals surface area contributed by atoms with Crippen LogP contribution in [0.25, 0.3) is 0 Å². The molecule has 2 atom stereocenters. The predicted molar refractivity (Wildman–Crippen MR) is 112 cm³/mol. The maximum atomic E-state index is 12.5. The molecule has 150 valence electrons. The van der Waals surface area contributed by atoms with Crippen molar-refractivity contribution < 1.29 is 4.79 Å². The molecular weight excluding hydrogens is 386 g/mol. The fraction of sp³-hybridized carbons (Fsp3) is 0.364. The average Bonchev–Trinajstić information content (AvgIpc) is 3.25. The van der Waals surface area contributed by atoms with E-state index in [1.165, 1.54) is 5.56 Å². The third-order valence-electron chi connectivity index (χ3n) is 5.71. The van der Waals surface area contributed by atoms with Gasteiger partial charge in [-0.2, -0.15) is 5.26 Å². The van der Waals surface area contributed by atoms with E-state index in [0.717, 1.165) is 37.4 Å². The van der Waals surface area contributed by atoms with Crippen LogP contribution in [0.15, 0.2) is 48.5 Å². The molecule has 1 amide bonds. The molecule has 2 heterocycles. The van der Waals surface area contributed by atoms with Gasteiger partial charge in [-0.05, 0) is 55.2 Å². The van der Waals surface area contributed by atoms with Gasteiger partial charge in [-0.25, -0.2) is 10.9 Å². The standard InChI is InChI=1S/C22H24ClN5O/c23-18-6-4-16(5-7-18)20-13-21(27-26-20)28-10-8-19(9-11-28)25-22(29)17-3-1-2-15(12-17)14-24/h1-7,12,19-21,26-27H,8-11,13H2,(H,25,29). The number of hydrazine groups is 1. The zero-order valence-electron chi connectivity index (χ0n) is 16.1. The number of nitrogens with zero attached hydrogens (tertiary/aromatic N) is 2. The minimum atomic E-state index is -0.107. The number of carbonyl (C=O) groups is 1. The first-order chi connectivity index (χ1) is 14.1. The van der Waals surface area contributed by atoms with Crippen molar-refractivity contribution in [2.24, 2.45) is 0 Å². The second-order valence-electron chi connectivity index (χ2n) is 7.62. The Labute approximate surface area is 175 Å². The molecule has 2 aliphatic rings. The van der Waals surface area contributed by atoms with Gasteiger partial charge in [0.15, 0.2) is 0 Å². The van der Waals surface area contributed by atoms with E-state index in [2.05, 4.69) is 39.3 Å². The van der Waals surface area contributed by atoms with Crippen LogP contribution in [0.4, 0.5) is 0 Å². The second-order valence-corrected chi connectivity index (χ2v) is 8.06. The molecule has 2 saturated heterocycles. The van der Waals surface area contributed by atoms with Crippen LogP contribution in [0.5, 0.6) is 0 Å². The number of amides is 1. The third kappa shape index (κ3) is 4.77. The molecule has 2 fully saturated rings. The van der Waals surface area contributed by atoms with Gasteiger partial charge >= 0.3 is 0 Å². The van der Waals surface area contributed by atoms with Crippen LogP contribution in [0.3, 0.4) is 0 Å². The number of nitrogens with one attached hydrogen (secondary N) is 3. The zero-order valence-corrected chi connectivity index (χ0v) is 16.8. The second kappa shape index (κ2) is 8.93. The van der Waals surface area contributed by atoms with Crippen molar-refractivity contribution in [1.29, 1.82) is 5.26 Å². The number of piperidine rings is 1. The molecule has 2 aliphatic heterocycles. The fourth-order valence-electron chi connectivity index (χ4n) is 4.05. The first kappa shape index (κ1) is 19.9. The SMILES string of the molecule is N#Cc1cccc(C(=O)NC2CCN(C3CC(c4ccc(Cl)cc4)NN3)CC2)c1. The third-order valence-corrected chi connectivity index (χ3v) is 5.97. The molecule has 7 heteroatoms. The molecule has 0 saturated carbocycles. The van der Waals surface area contributed by atoms with Crippen molar-refractivity contribution in [1.82, 2.24) is 21.1 Å². The minimum absolute atomic E-state index is 0.107. The molecule has 2 aromatic rings. The Bertz CT molecular complexity index is 902. The lowest BCUT2D eigenvalue weighted by atomic mass is 10.0. The summed E-state index contributed by atoms with van der Waals surface area (Å²) in [6.45, 7) is 1.85. The summed E-state index contributed by atoms with van der Waals surface area (Å²) in [4.78, 5) is 14.9. The van der Waals surface area contributed by atoms with Crippen molar-refractivity contribution in [3.8, 4) is 6.07 Å². The van der Waals surface area contributed by atoms with Gasteiger partial charge in [0.25, 0.3) is 5.91 Å². The first-order valence-corrected chi connectivity index (χ1v) is 10.3. The number of hydrogen-bond donors (Lipinski definition) is 3. The molecule has 0 bridgehead atoms. The minimum Gasteiger partial charge on any atom is -0.349 e. The molecule has 2 aromatic carbocycles. The molecule has 0 radical (unpaired) electrons. The summed E-state index contributed by atoms with van der Waals surface area (Å²) < 4.78 is 0. The quantitative estimate of drug-likeness (QED) is 0.723. The summed E-state index contributed by atoms with van der Waals surface area (Å²) in [5.41, 5.74) is 9.06. The normalized spacial score (nSPS) is 22.9. The highest BCUT2D eigenvalue weighted by Gasteiger charge is 2.32. The van der Waals surface area contributed by atoms with Gasteiger partial charge in [-0.15, -0.1) is 0 Å². The smallest absolute Gasteiger partial charge is 0.251 e. The van der Waals surface area contributed by atoms with Crippen LogP contribution in [0.1, 0.15) is 46.8 Å². The summed E-state index contributed by atoms with van der Waals surface area (Å²) in [5, 5.41) is 12.9. The highest BCUT2D eigenvalue weighted by atomic mass is 35.5. The van der Waals surface area contributed by atoms with Gasteiger partial charge in [-0.1, -0.05) is 29.8 Å². The van der Waals surface area contributed by atoms with Gasteiger partial charge in [0.1, 0.15) is 0 Å². The van der Waals surface area contributed by atoms with E-state index >= 15 is 0 Å². The van der Waals surface area contributed by atoms with E-state index in [1.54, 1.807) is 24.3 Å². The topological polar surface area (TPSA) is 80.2 Å². The average molecular weight is 410 g/mol. The van der Waals surface area contributed by atoms with E-state index < -0.39 is 0 Å². The van der Waals surface area contributed by atoms with Gasteiger partial charge in [0, 0.05) is 35.8 Å². The van der Waals surface area contributed by atoms with Gasteiger partial charge in [0.2, 0.25) is 0 Å². The summed E-state index contributed by atoms with van der Waals surface area (Å²) >= 11 is 5.98. The monoisotopic (exact) mass is 409 g/mol. The maximum absolute atomic E-state index is 12.5. The molecule has 6 nitrogen and oxygen atoms in total. The van der Waals surface area contributed by atoms with Crippen molar-refractivity contribution in [2.45, 2.75) is 37.5 Å². The van der Waals surface area contributed by atoms with Gasteiger partial charge in [-0.3, -0.25) is 9.69 Å². The Kier molecular flexibility index (Phi) is 6.12. The number of nitriles is 1. The van der Waals surface area contributed by atoms with Gasteiger partial charge < -0.3 is 5.32 Å². The number of carbonyl (C=O) groups excluding carboxylic acids is 1. The summed E-state index contributed by atoms with van der Waals surface area (Å²) in [7, 11) is 0. The Morgan fingerprint density at radius 3 is 2.62 bits per heavy atom. The fourth-order valence-corrected chi connectivity index (χ4v) is 4.17. The summed E-state index contributed by atoms with van der Waals surface area (Å²) in [6.07, 6.45) is 3.08. The highest BCUT2D eigenvalue weighted by molar-refractivity contribution is 6.30. The lowest BCUT2D eigenvalue weighted by Crippen LogP contribution is -2.51. The van der Waals surface area contributed by atoms with Crippen LogP contribution in [-0.4, -0.2) is 36.1 Å². The number of likely N-dealkylation sites (tertiary alicyclic amines) is 1. The Morgan fingerprint density at radius 1 is 1.14 bits per heavy atom. The summed E-state index contributed by atoms with van der Waals surface area (Å²) in [5.74, 6) is -0.107.